The number of likely N-dealkylation sites (N-methyl/N-ethyl adjacent to an activating group) is 1. The van der Waals surface area contributed by atoms with Crippen LogP contribution in [0.2, 0.25) is 0 Å². The van der Waals surface area contributed by atoms with Crippen molar-refractivity contribution in [3.8, 4) is 0 Å². The van der Waals surface area contributed by atoms with Crippen LogP contribution >= 0.6 is 24.0 Å². The van der Waals surface area contributed by atoms with Crippen molar-refractivity contribution in [2.24, 2.45) is 4.99 Å². The Hall–Kier alpha value is -0.120. The van der Waals surface area contributed by atoms with Gasteiger partial charge in [0.15, 0.2) is 5.96 Å². The monoisotopic (exact) mass is 428 g/mol. The molecule has 1 fully saturated rings. The summed E-state index contributed by atoms with van der Waals surface area (Å²) in [5.74, 6) is 0.856. The molecule has 1 heterocycles. The van der Waals surface area contributed by atoms with Gasteiger partial charge in [-0.2, -0.15) is 0 Å². The van der Waals surface area contributed by atoms with E-state index in [1.165, 1.54) is 0 Å². The molecule has 1 saturated heterocycles. The number of ether oxygens (including phenoxy) is 2. The summed E-state index contributed by atoms with van der Waals surface area (Å²) in [5.41, 5.74) is 0.102. The molecular weight excluding hydrogens is 395 g/mol. The van der Waals surface area contributed by atoms with Crippen molar-refractivity contribution in [2.45, 2.75) is 38.3 Å². The minimum atomic E-state index is 0. The van der Waals surface area contributed by atoms with Crippen molar-refractivity contribution in [3.63, 3.8) is 0 Å². The van der Waals surface area contributed by atoms with Gasteiger partial charge in [0, 0.05) is 38.4 Å². The third kappa shape index (κ3) is 6.97. The molecule has 1 unspecified atom stereocenters. The second-order valence-electron chi connectivity index (χ2n) is 5.93. The van der Waals surface area contributed by atoms with Crippen LogP contribution in [-0.2, 0) is 9.47 Å². The molecule has 0 spiro atoms. The lowest BCUT2D eigenvalue weighted by atomic mass is 9.89. The summed E-state index contributed by atoms with van der Waals surface area (Å²) < 4.78 is 10.7. The fourth-order valence-electron chi connectivity index (χ4n) is 2.57. The molecule has 1 atom stereocenters. The maximum absolute atomic E-state index is 5.50. The van der Waals surface area contributed by atoms with Crippen molar-refractivity contribution in [1.29, 1.82) is 0 Å². The molecule has 132 valence electrons. The highest BCUT2D eigenvalue weighted by molar-refractivity contribution is 14.0. The third-order valence-corrected chi connectivity index (χ3v) is 4.05. The van der Waals surface area contributed by atoms with Gasteiger partial charge in [0.25, 0.3) is 0 Å². The highest BCUT2D eigenvalue weighted by Crippen LogP contribution is 2.26. The molecule has 0 saturated carbocycles. The number of rotatable bonds is 7. The van der Waals surface area contributed by atoms with Crippen molar-refractivity contribution in [2.75, 3.05) is 54.1 Å². The van der Waals surface area contributed by atoms with Crippen LogP contribution in [0.15, 0.2) is 4.99 Å². The van der Waals surface area contributed by atoms with Gasteiger partial charge in [0.2, 0.25) is 0 Å². The quantitative estimate of drug-likeness (QED) is 0.364. The molecule has 1 aliphatic heterocycles. The Kier molecular flexibility index (Phi) is 11.4. The molecule has 1 rings (SSSR count). The minimum Gasteiger partial charge on any atom is -0.383 e. The van der Waals surface area contributed by atoms with Crippen LogP contribution in [0.1, 0.15) is 26.7 Å². The predicted octanol–water partition coefficient (Wildman–Crippen LogP) is 1.31. The lowest BCUT2D eigenvalue weighted by Gasteiger charge is -2.41. The molecule has 6 nitrogen and oxygen atoms in total. The first-order valence-electron chi connectivity index (χ1n) is 7.83. The number of nitrogens with one attached hydrogen (secondary N) is 2. The zero-order chi connectivity index (χ0) is 15.7. The second kappa shape index (κ2) is 11.4. The summed E-state index contributed by atoms with van der Waals surface area (Å²) in [6.07, 6.45) is 2.05. The highest BCUT2D eigenvalue weighted by Gasteiger charge is 2.34. The molecule has 0 aromatic rings. The molecular formula is C15H33IN4O2. The van der Waals surface area contributed by atoms with E-state index in [1.807, 2.05) is 0 Å². The first kappa shape index (κ1) is 21.9. The van der Waals surface area contributed by atoms with Crippen molar-refractivity contribution in [3.05, 3.63) is 0 Å². The number of methoxy groups -OCH3 is 1. The number of hydrogen-bond acceptors (Lipinski definition) is 4. The maximum atomic E-state index is 5.50. The largest absolute Gasteiger partial charge is 0.383 e. The summed E-state index contributed by atoms with van der Waals surface area (Å²) in [5, 5.41) is 6.68. The number of aliphatic imine (C=N–C) groups is 1. The van der Waals surface area contributed by atoms with Gasteiger partial charge in [-0.15, -0.1) is 24.0 Å². The normalized spacial score (nSPS) is 19.5. The smallest absolute Gasteiger partial charge is 0.191 e. The van der Waals surface area contributed by atoms with E-state index in [9.17, 15) is 0 Å². The molecule has 0 amide bonds. The van der Waals surface area contributed by atoms with Gasteiger partial charge in [-0.25, -0.2) is 0 Å². The SMILES string of the molecule is CCNC(=NCC1(N(C)C)CCOCC1)NC(C)COC.I. The van der Waals surface area contributed by atoms with E-state index in [0.717, 1.165) is 45.1 Å². The van der Waals surface area contributed by atoms with Crippen LogP contribution in [0.3, 0.4) is 0 Å². The molecule has 0 bridgehead atoms. The van der Waals surface area contributed by atoms with E-state index in [0.29, 0.717) is 6.61 Å². The van der Waals surface area contributed by atoms with Gasteiger partial charge in [-0.05, 0) is 40.8 Å². The van der Waals surface area contributed by atoms with Gasteiger partial charge in [-0.1, -0.05) is 0 Å². The fourth-order valence-corrected chi connectivity index (χ4v) is 2.57. The van der Waals surface area contributed by atoms with Gasteiger partial charge >= 0.3 is 0 Å². The maximum Gasteiger partial charge on any atom is 0.191 e. The molecule has 1 aliphatic rings. The molecule has 7 heteroatoms. The van der Waals surface area contributed by atoms with Crippen LogP contribution in [0.25, 0.3) is 0 Å². The standard InChI is InChI=1S/C15H32N4O2.HI/c1-6-16-14(18-13(2)11-20-5)17-12-15(19(3)4)7-9-21-10-8-15;/h13H,6-12H2,1-5H3,(H2,16,17,18);1H. The topological polar surface area (TPSA) is 58.1 Å². The summed E-state index contributed by atoms with van der Waals surface area (Å²) in [6, 6.07) is 0.234. The Labute approximate surface area is 152 Å². The predicted molar refractivity (Wildman–Crippen MR) is 102 cm³/mol. The first-order valence-corrected chi connectivity index (χ1v) is 7.83. The number of guanidine groups is 1. The first-order chi connectivity index (χ1) is 10.0. The van der Waals surface area contributed by atoms with Crippen LogP contribution in [0, 0.1) is 0 Å². The van der Waals surface area contributed by atoms with Crippen LogP contribution < -0.4 is 10.6 Å². The van der Waals surface area contributed by atoms with Crippen molar-refractivity contribution < 1.29 is 9.47 Å². The Morgan fingerprint density at radius 2 is 2.00 bits per heavy atom. The number of hydrogen-bond donors (Lipinski definition) is 2. The Morgan fingerprint density at radius 3 is 2.50 bits per heavy atom. The van der Waals surface area contributed by atoms with Gasteiger partial charge in [-0.3, -0.25) is 4.99 Å². The Bertz CT molecular complexity index is 321. The van der Waals surface area contributed by atoms with E-state index >= 15 is 0 Å². The Balaban J connectivity index is 0.00000441. The van der Waals surface area contributed by atoms with Crippen molar-refractivity contribution >= 4 is 29.9 Å². The van der Waals surface area contributed by atoms with E-state index in [1.54, 1.807) is 7.11 Å². The molecule has 0 aromatic carbocycles. The molecule has 0 radical (unpaired) electrons. The zero-order valence-corrected chi connectivity index (χ0v) is 17.0. The lowest BCUT2D eigenvalue weighted by molar-refractivity contribution is -0.00256. The fraction of sp³-hybridized carbons (Fsp3) is 0.933. The molecule has 0 aromatic heterocycles. The lowest BCUT2D eigenvalue weighted by Crippen LogP contribution is -2.52. The van der Waals surface area contributed by atoms with E-state index in [2.05, 4.69) is 43.5 Å². The van der Waals surface area contributed by atoms with E-state index in [-0.39, 0.29) is 35.6 Å². The van der Waals surface area contributed by atoms with E-state index in [4.69, 9.17) is 14.5 Å². The number of nitrogens with zero attached hydrogens (tertiary/aromatic N) is 2. The molecule has 0 aliphatic carbocycles. The van der Waals surface area contributed by atoms with Crippen molar-refractivity contribution in [1.82, 2.24) is 15.5 Å². The minimum absolute atomic E-state index is 0. The zero-order valence-electron chi connectivity index (χ0n) is 14.6. The highest BCUT2D eigenvalue weighted by atomic mass is 127. The summed E-state index contributed by atoms with van der Waals surface area (Å²) >= 11 is 0. The van der Waals surface area contributed by atoms with Gasteiger partial charge in [0.05, 0.1) is 13.2 Å². The molecule has 2 N–H and O–H groups in total. The number of halogens is 1. The summed E-state index contributed by atoms with van der Waals surface area (Å²) in [6.45, 7) is 8.09. The van der Waals surface area contributed by atoms with Gasteiger partial charge < -0.3 is 25.0 Å². The summed E-state index contributed by atoms with van der Waals surface area (Å²) in [7, 11) is 5.98. The summed E-state index contributed by atoms with van der Waals surface area (Å²) in [4.78, 5) is 7.09. The van der Waals surface area contributed by atoms with Crippen LogP contribution in [0.4, 0.5) is 0 Å². The van der Waals surface area contributed by atoms with E-state index < -0.39 is 0 Å². The van der Waals surface area contributed by atoms with Crippen LogP contribution in [-0.4, -0.2) is 76.6 Å². The van der Waals surface area contributed by atoms with Gasteiger partial charge in [0.1, 0.15) is 0 Å². The second-order valence-corrected chi connectivity index (χ2v) is 5.93. The molecule has 22 heavy (non-hydrogen) atoms. The average molecular weight is 428 g/mol. The van der Waals surface area contributed by atoms with Crippen LogP contribution in [0.5, 0.6) is 0 Å². The Morgan fingerprint density at radius 1 is 1.36 bits per heavy atom. The average Bonchev–Trinajstić information content (AvgIpc) is 2.46. The third-order valence-electron chi connectivity index (χ3n) is 4.05.